The summed E-state index contributed by atoms with van der Waals surface area (Å²) in [5, 5.41) is 2.25. The molecule has 2 aliphatic heterocycles. The van der Waals surface area contributed by atoms with E-state index in [-0.39, 0.29) is 18.4 Å². The second kappa shape index (κ2) is 9.47. The zero-order valence-electron chi connectivity index (χ0n) is 17.8. The van der Waals surface area contributed by atoms with Crippen LogP contribution in [-0.2, 0) is 9.59 Å². The van der Waals surface area contributed by atoms with Gasteiger partial charge in [-0.25, -0.2) is 0 Å². The van der Waals surface area contributed by atoms with Gasteiger partial charge < -0.3 is 14.5 Å². The lowest BCUT2D eigenvalue weighted by Crippen LogP contribution is -2.53. The average molecular weight is 410 g/mol. The first kappa shape index (κ1) is 20.7. The number of hydrogen-bond acceptors (Lipinski definition) is 4. The summed E-state index contributed by atoms with van der Waals surface area (Å²) in [6.07, 6.45) is 3.42. The van der Waals surface area contributed by atoms with E-state index in [1.807, 2.05) is 46.2 Å². The van der Waals surface area contributed by atoms with Crippen LogP contribution in [0.15, 0.2) is 42.5 Å². The molecule has 0 radical (unpaired) electrons. The summed E-state index contributed by atoms with van der Waals surface area (Å²) in [4.78, 5) is 31.2. The third-order valence-electron chi connectivity index (χ3n) is 6.29. The summed E-state index contributed by atoms with van der Waals surface area (Å²) in [6, 6.07) is 14.3. The fourth-order valence-electron chi connectivity index (χ4n) is 4.40. The lowest BCUT2D eigenvalue weighted by molar-refractivity contribution is -0.138. The Morgan fingerprint density at radius 3 is 2.47 bits per heavy atom. The molecule has 0 aliphatic carbocycles. The van der Waals surface area contributed by atoms with E-state index >= 15 is 0 Å². The SMILES string of the molecule is C[C@@H]1CCCCN1C(=O)CN1CCN(C(=O)COc2ccc3ccccc3c2)CC1. The molecule has 0 bridgehead atoms. The molecule has 160 valence electrons. The van der Waals surface area contributed by atoms with Gasteiger partial charge in [0.15, 0.2) is 6.61 Å². The third kappa shape index (κ3) is 4.93. The molecule has 2 aromatic carbocycles. The monoisotopic (exact) mass is 409 g/mol. The summed E-state index contributed by atoms with van der Waals surface area (Å²) in [6.45, 7) is 6.27. The van der Waals surface area contributed by atoms with Crippen molar-refractivity contribution in [1.29, 1.82) is 0 Å². The highest BCUT2D eigenvalue weighted by atomic mass is 16.5. The molecule has 2 amide bonds. The molecule has 0 aromatic heterocycles. The van der Waals surface area contributed by atoms with E-state index in [0.29, 0.717) is 31.4 Å². The van der Waals surface area contributed by atoms with Gasteiger partial charge in [-0.1, -0.05) is 30.3 Å². The summed E-state index contributed by atoms with van der Waals surface area (Å²) < 4.78 is 5.75. The number of rotatable bonds is 5. The van der Waals surface area contributed by atoms with Gasteiger partial charge in [0.1, 0.15) is 5.75 Å². The first-order chi connectivity index (χ1) is 14.6. The van der Waals surface area contributed by atoms with Gasteiger partial charge in [0.05, 0.1) is 6.54 Å². The largest absolute Gasteiger partial charge is 0.484 e. The minimum absolute atomic E-state index is 0.00112. The fourth-order valence-corrected chi connectivity index (χ4v) is 4.40. The van der Waals surface area contributed by atoms with Gasteiger partial charge in [-0.3, -0.25) is 14.5 Å². The Morgan fingerprint density at radius 2 is 1.70 bits per heavy atom. The van der Waals surface area contributed by atoms with Crippen LogP contribution in [0.4, 0.5) is 0 Å². The maximum Gasteiger partial charge on any atom is 0.260 e. The van der Waals surface area contributed by atoms with E-state index in [4.69, 9.17) is 4.74 Å². The van der Waals surface area contributed by atoms with Crippen LogP contribution >= 0.6 is 0 Å². The lowest BCUT2D eigenvalue weighted by Gasteiger charge is -2.38. The second-order valence-electron chi connectivity index (χ2n) is 8.39. The maximum absolute atomic E-state index is 12.6. The first-order valence-corrected chi connectivity index (χ1v) is 11.0. The van der Waals surface area contributed by atoms with Gasteiger partial charge in [0, 0.05) is 38.8 Å². The van der Waals surface area contributed by atoms with Gasteiger partial charge in [-0.2, -0.15) is 0 Å². The van der Waals surface area contributed by atoms with E-state index in [1.54, 1.807) is 0 Å². The molecule has 6 heteroatoms. The van der Waals surface area contributed by atoms with Crippen molar-refractivity contribution >= 4 is 22.6 Å². The number of benzene rings is 2. The average Bonchev–Trinajstić information content (AvgIpc) is 2.78. The Labute approximate surface area is 178 Å². The molecule has 0 N–H and O–H groups in total. The van der Waals surface area contributed by atoms with Crippen molar-refractivity contribution in [3.63, 3.8) is 0 Å². The summed E-state index contributed by atoms with van der Waals surface area (Å²) in [7, 11) is 0. The third-order valence-corrected chi connectivity index (χ3v) is 6.29. The molecule has 2 heterocycles. The predicted molar refractivity (Wildman–Crippen MR) is 117 cm³/mol. The second-order valence-corrected chi connectivity index (χ2v) is 8.39. The van der Waals surface area contributed by atoms with Crippen LogP contribution in [0.3, 0.4) is 0 Å². The molecule has 30 heavy (non-hydrogen) atoms. The van der Waals surface area contributed by atoms with Crippen LogP contribution in [-0.4, -0.2) is 78.4 Å². The number of hydrogen-bond donors (Lipinski definition) is 0. The molecule has 0 unspecified atom stereocenters. The van der Waals surface area contributed by atoms with Crippen LogP contribution < -0.4 is 4.74 Å². The van der Waals surface area contributed by atoms with Gasteiger partial charge in [-0.15, -0.1) is 0 Å². The lowest BCUT2D eigenvalue weighted by atomic mass is 10.0. The normalized spacial score (nSPS) is 20.4. The summed E-state index contributed by atoms with van der Waals surface area (Å²) >= 11 is 0. The van der Waals surface area contributed by atoms with Crippen molar-refractivity contribution in [2.75, 3.05) is 45.9 Å². The summed E-state index contributed by atoms with van der Waals surface area (Å²) in [5.74, 6) is 0.933. The van der Waals surface area contributed by atoms with Crippen LogP contribution in [0, 0.1) is 0 Å². The Bertz CT molecular complexity index is 892. The highest BCUT2D eigenvalue weighted by Gasteiger charge is 2.27. The highest BCUT2D eigenvalue weighted by Crippen LogP contribution is 2.21. The number of nitrogens with zero attached hydrogens (tertiary/aromatic N) is 3. The van der Waals surface area contributed by atoms with Crippen LogP contribution in [0.2, 0.25) is 0 Å². The van der Waals surface area contributed by atoms with Gasteiger partial charge in [0.2, 0.25) is 5.91 Å². The van der Waals surface area contributed by atoms with E-state index in [9.17, 15) is 9.59 Å². The van der Waals surface area contributed by atoms with Gasteiger partial charge >= 0.3 is 0 Å². The number of amides is 2. The smallest absolute Gasteiger partial charge is 0.260 e. The van der Waals surface area contributed by atoms with E-state index in [2.05, 4.69) is 17.9 Å². The minimum Gasteiger partial charge on any atom is -0.484 e. The molecule has 2 aliphatic rings. The molecule has 1 atom stereocenters. The van der Waals surface area contributed by atoms with Crippen molar-refractivity contribution < 1.29 is 14.3 Å². The van der Waals surface area contributed by atoms with Gasteiger partial charge in [-0.05, 0) is 49.1 Å². The van der Waals surface area contributed by atoms with E-state index < -0.39 is 0 Å². The van der Waals surface area contributed by atoms with E-state index in [0.717, 1.165) is 43.2 Å². The van der Waals surface area contributed by atoms with Crippen LogP contribution in [0.5, 0.6) is 5.75 Å². The standard InChI is InChI=1S/C24H31N3O3/c1-19-6-4-5-11-27(19)23(28)17-25-12-14-26(15-13-25)24(29)18-30-22-10-9-20-7-2-3-8-21(20)16-22/h2-3,7-10,16,19H,4-6,11-15,17-18H2,1H3/t19-/m1/s1. The van der Waals surface area contributed by atoms with Crippen molar-refractivity contribution in [1.82, 2.24) is 14.7 Å². The Hall–Kier alpha value is -2.60. The Morgan fingerprint density at radius 1 is 0.933 bits per heavy atom. The van der Waals surface area contributed by atoms with E-state index in [1.165, 1.54) is 6.42 Å². The molecule has 4 rings (SSSR count). The molecular weight excluding hydrogens is 378 g/mol. The Kier molecular flexibility index (Phi) is 6.53. The number of piperidine rings is 1. The zero-order chi connectivity index (χ0) is 20.9. The molecular formula is C24H31N3O3. The maximum atomic E-state index is 12.6. The van der Waals surface area contributed by atoms with Crippen molar-refractivity contribution in [2.24, 2.45) is 0 Å². The summed E-state index contributed by atoms with van der Waals surface area (Å²) in [5.41, 5.74) is 0. The molecule has 6 nitrogen and oxygen atoms in total. The first-order valence-electron chi connectivity index (χ1n) is 11.0. The van der Waals surface area contributed by atoms with Crippen molar-refractivity contribution in [3.8, 4) is 5.75 Å². The van der Waals surface area contributed by atoms with Crippen molar-refractivity contribution in [3.05, 3.63) is 42.5 Å². The number of piperazine rings is 1. The van der Waals surface area contributed by atoms with Crippen LogP contribution in [0.25, 0.3) is 10.8 Å². The molecule has 0 spiro atoms. The topological polar surface area (TPSA) is 53.1 Å². The molecule has 2 saturated heterocycles. The molecule has 0 saturated carbocycles. The number of fused-ring (bicyclic) bond motifs is 1. The number of carbonyl (C=O) groups is 2. The minimum atomic E-state index is -0.00112. The molecule has 2 fully saturated rings. The van der Waals surface area contributed by atoms with Crippen LogP contribution in [0.1, 0.15) is 26.2 Å². The fraction of sp³-hybridized carbons (Fsp3) is 0.500. The Balaban J connectivity index is 1.22. The number of likely N-dealkylation sites (tertiary alicyclic amines) is 1. The number of carbonyl (C=O) groups excluding carboxylic acids is 2. The van der Waals surface area contributed by atoms with Crippen molar-refractivity contribution in [2.45, 2.75) is 32.2 Å². The quantitative estimate of drug-likeness (QED) is 0.762. The predicted octanol–water partition coefficient (Wildman–Crippen LogP) is 2.76. The van der Waals surface area contributed by atoms with Gasteiger partial charge in [0.25, 0.3) is 5.91 Å². The highest BCUT2D eigenvalue weighted by molar-refractivity contribution is 5.84. The zero-order valence-corrected chi connectivity index (χ0v) is 17.8. The number of ether oxygens (including phenoxy) is 1. The molecule has 2 aromatic rings.